The molecule has 15 heavy (non-hydrogen) atoms. The van der Waals surface area contributed by atoms with Crippen LogP contribution >= 0.6 is 0 Å². The molecule has 0 fully saturated rings. The van der Waals surface area contributed by atoms with Crippen molar-refractivity contribution in [3.63, 3.8) is 0 Å². The SMILES string of the molecule is COCCc1nc(COC)cc(NN)n1. The Morgan fingerprint density at radius 3 is 2.73 bits per heavy atom. The first-order valence-electron chi connectivity index (χ1n) is 4.61. The number of nitrogens with one attached hydrogen (secondary N) is 1. The van der Waals surface area contributed by atoms with Crippen molar-refractivity contribution in [3.8, 4) is 0 Å². The van der Waals surface area contributed by atoms with E-state index in [-0.39, 0.29) is 0 Å². The van der Waals surface area contributed by atoms with Gasteiger partial charge in [-0.3, -0.25) is 0 Å². The van der Waals surface area contributed by atoms with Crippen LogP contribution in [0.15, 0.2) is 6.07 Å². The average Bonchev–Trinajstić information content (AvgIpc) is 2.26. The molecule has 6 heteroatoms. The largest absolute Gasteiger partial charge is 0.384 e. The van der Waals surface area contributed by atoms with Crippen molar-refractivity contribution >= 4 is 5.82 Å². The van der Waals surface area contributed by atoms with Crippen LogP contribution in [0.2, 0.25) is 0 Å². The molecule has 0 aliphatic carbocycles. The zero-order valence-electron chi connectivity index (χ0n) is 8.99. The second-order valence-electron chi connectivity index (χ2n) is 2.98. The number of anilines is 1. The molecule has 1 heterocycles. The molecular weight excluding hydrogens is 196 g/mol. The summed E-state index contributed by atoms with van der Waals surface area (Å²) in [4.78, 5) is 8.49. The van der Waals surface area contributed by atoms with Crippen LogP contribution in [0.4, 0.5) is 5.82 Å². The Morgan fingerprint density at radius 1 is 1.33 bits per heavy atom. The van der Waals surface area contributed by atoms with E-state index in [1.165, 1.54) is 0 Å². The van der Waals surface area contributed by atoms with E-state index >= 15 is 0 Å². The Hall–Kier alpha value is -1.24. The molecule has 6 nitrogen and oxygen atoms in total. The smallest absolute Gasteiger partial charge is 0.144 e. The predicted octanol–water partition coefficient (Wildman–Crippen LogP) is 0.0975. The number of nitrogens with zero attached hydrogens (tertiary/aromatic N) is 2. The highest BCUT2D eigenvalue weighted by Crippen LogP contribution is 2.07. The van der Waals surface area contributed by atoms with Gasteiger partial charge in [-0.1, -0.05) is 0 Å². The van der Waals surface area contributed by atoms with Gasteiger partial charge in [0, 0.05) is 26.7 Å². The molecule has 0 amide bonds. The van der Waals surface area contributed by atoms with Crippen LogP contribution in [0.1, 0.15) is 11.5 Å². The Bertz CT molecular complexity index is 306. The number of methoxy groups -OCH3 is 2. The number of rotatable bonds is 6. The van der Waals surface area contributed by atoms with Gasteiger partial charge < -0.3 is 14.9 Å². The third kappa shape index (κ3) is 3.78. The molecule has 1 aromatic heterocycles. The summed E-state index contributed by atoms with van der Waals surface area (Å²) in [6, 6.07) is 1.75. The monoisotopic (exact) mass is 212 g/mol. The van der Waals surface area contributed by atoms with Crippen molar-refractivity contribution in [2.45, 2.75) is 13.0 Å². The van der Waals surface area contributed by atoms with Crippen molar-refractivity contribution in [2.75, 3.05) is 26.3 Å². The molecule has 0 aliphatic rings. The van der Waals surface area contributed by atoms with Crippen LogP contribution in [0.25, 0.3) is 0 Å². The zero-order valence-corrected chi connectivity index (χ0v) is 8.99. The molecule has 0 aliphatic heterocycles. The number of ether oxygens (including phenoxy) is 2. The number of aromatic nitrogens is 2. The normalized spacial score (nSPS) is 10.3. The summed E-state index contributed by atoms with van der Waals surface area (Å²) in [6.07, 6.45) is 0.655. The van der Waals surface area contributed by atoms with Gasteiger partial charge in [0.1, 0.15) is 11.6 Å². The lowest BCUT2D eigenvalue weighted by atomic mass is 10.3. The van der Waals surface area contributed by atoms with Crippen molar-refractivity contribution in [1.29, 1.82) is 0 Å². The first kappa shape index (κ1) is 11.8. The van der Waals surface area contributed by atoms with Crippen LogP contribution in [0, 0.1) is 0 Å². The molecule has 0 radical (unpaired) electrons. The number of nitrogens with two attached hydrogens (primary N) is 1. The summed E-state index contributed by atoms with van der Waals surface area (Å²) in [5.41, 5.74) is 3.29. The fourth-order valence-corrected chi connectivity index (χ4v) is 1.15. The molecule has 84 valence electrons. The molecule has 0 spiro atoms. The maximum atomic E-state index is 5.30. The molecule has 1 aromatic rings. The molecule has 3 N–H and O–H groups in total. The van der Waals surface area contributed by atoms with Gasteiger partial charge >= 0.3 is 0 Å². The van der Waals surface area contributed by atoms with E-state index in [1.807, 2.05) is 0 Å². The Balaban J connectivity index is 2.79. The van der Waals surface area contributed by atoms with Gasteiger partial charge in [0.05, 0.1) is 18.9 Å². The van der Waals surface area contributed by atoms with Crippen molar-refractivity contribution in [3.05, 3.63) is 17.6 Å². The Labute approximate surface area is 88.8 Å². The van der Waals surface area contributed by atoms with Gasteiger partial charge in [-0.25, -0.2) is 15.8 Å². The van der Waals surface area contributed by atoms with Crippen LogP contribution in [-0.2, 0) is 22.5 Å². The highest BCUT2D eigenvalue weighted by molar-refractivity contribution is 5.34. The Morgan fingerprint density at radius 2 is 2.13 bits per heavy atom. The van der Waals surface area contributed by atoms with E-state index in [2.05, 4.69) is 15.4 Å². The predicted molar refractivity (Wildman–Crippen MR) is 56.1 cm³/mol. The van der Waals surface area contributed by atoms with E-state index < -0.39 is 0 Å². The van der Waals surface area contributed by atoms with Crippen LogP contribution < -0.4 is 11.3 Å². The van der Waals surface area contributed by atoms with Gasteiger partial charge in [-0.05, 0) is 0 Å². The molecule has 0 saturated heterocycles. The molecule has 0 atom stereocenters. The fraction of sp³-hybridized carbons (Fsp3) is 0.556. The number of hydrogen-bond acceptors (Lipinski definition) is 6. The van der Waals surface area contributed by atoms with E-state index in [0.717, 1.165) is 5.69 Å². The fourth-order valence-electron chi connectivity index (χ4n) is 1.15. The quantitative estimate of drug-likeness (QED) is 0.514. The average molecular weight is 212 g/mol. The third-order valence-electron chi connectivity index (χ3n) is 1.80. The lowest BCUT2D eigenvalue weighted by molar-refractivity contribution is 0.180. The summed E-state index contributed by atoms with van der Waals surface area (Å²) in [6.45, 7) is 1.03. The maximum absolute atomic E-state index is 5.30. The first-order valence-corrected chi connectivity index (χ1v) is 4.61. The summed E-state index contributed by atoms with van der Waals surface area (Å²) >= 11 is 0. The van der Waals surface area contributed by atoms with Crippen LogP contribution in [0.5, 0.6) is 0 Å². The number of nitrogen functional groups attached to an aromatic ring is 1. The lowest BCUT2D eigenvalue weighted by Crippen LogP contribution is -2.12. The summed E-state index contributed by atoms with van der Waals surface area (Å²) in [5.74, 6) is 6.58. The highest BCUT2D eigenvalue weighted by atomic mass is 16.5. The molecule has 0 bridgehead atoms. The first-order chi connectivity index (χ1) is 7.30. The lowest BCUT2D eigenvalue weighted by Gasteiger charge is -2.06. The van der Waals surface area contributed by atoms with Crippen molar-refractivity contribution in [2.24, 2.45) is 5.84 Å². The van der Waals surface area contributed by atoms with Gasteiger partial charge in [0.25, 0.3) is 0 Å². The summed E-state index contributed by atoms with van der Waals surface area (Å²) < 4.78 is 9.95. The van der Waals surface area contributed by atoms with Gasteiger partial charge in [-0.15, -0.1) is 0 Å². The minimum absolute atomic E-state index is 0.442. The minimum atomic E-state index is 0.442. The van der Waals surface area contributed by atoms with E-state index in [1.54, 1.807) is 20.3 Å². The number of hydrazine groups is 1. The van der Waals surface area contributed by atoms with Crippen molar-refractivity contribution < 1.29 is 9.47 Å². The highest BCUT2D eigenvalue weighted by Gasteiger charge is 2.03. The topological polar surface area (TPSA) is 82.3 Å². The second kappa shape index (κ2) is 6.28. The minimum Gasteiger partial charge on any atom is -0.384 e. The number of hydrogen-bond donors (Lipinski definition) is 2. The van der Waals surface area contributed by atoms with Gasteiger partial charge in [0.2, 0.25) is 0 Å². The maximum Gasteiger partial charge on any atom is 0.144 e. The summed E-state index contributed by atoms with van der Waals surface area (Å²) in [7, 11) is 3.26. The standard InChI is InChI=1S/C9H16N4O2/c1-14-4-3-8-11-7(6-15-2)5-9(12-8)13-10/h5H,3-4,6,10H2,1-2H3,(H,11,12,13). The second-order valence-corrected chi connectivity index (χ2v) is 2.98. The van der Waals surface area contributed by atoms with E-state index in [0.29, 0.717) is 31.3 Å². The van der Waals surface area contributed by atoms with Crippen molar-refractivity contribution in [1.82, 2.24) is 9.97 Å². The zero-order chi connectivity index (χ0) is 11.1. The molecule has 0 aromatic carbocycles. The van der Waals surface area contributed by atoms with E-state index in [4.69, 9.17) is 15.3 Å². The molecule has 0 unspecified atom stereocenters. The van der Waals surface area contributed by atoms with Gasteiger partial charge in [0.15, 0.2) is 0 Å². The summed E-state index contributed by atoms with van der Waals surface area (Å²) in [5, 5.41) is 0. The molecule has 1 rings (SSSR count). The third-order valence-corrected chi connectivity index (χ3v) is 1.80. The van der Waals surface area contributed by atoms with Gasteiger partial charge in [-0.2, -0.15) is 0 Å². The Kier molecular flexibility index (Phi) is 4.96. The van der Waals surface area contributed by atoms with Crippen LogP contribution in [0.3, 0.4) is 0 Å². The van der Waals surface area contributed by atoms with Crippen LogP contribution in [-0.4, -0.2) is 30.8 Å². The molecular formula is C9H16N4O2. The van der Waals surface area contributed by atoms with E-state index in [9.17, 15) is 0 Å². The molecule has 0 saturated carbocycles.